The molecule has 0 aliphatic heterocycles. The molecule has 2 aromatic rings. The van der Waals surface area contributed by atoms with Crippen LogP contribution in [0.25, 0.3) is 0 Å². The summed E-state index contributed by atoms with van der Waals surface area (Å²) in [7, 11) is 0. The highest BCUT2D eigenvalue weighted by Gasteiger charge is 2.04. The Hall–Kier alpha value is -1.10. The van der Waals surface area contributed by atoms with Gasteiger partial charge < -0.3 is 5.73 Å². The Morgan fingerprint density at radius 1 is 1.41 bits per heavy atom. The van der Waals surface area contributed by atoms with Crippen LogP contribution in [0.4, 0.5) is 4.39 Å². The first-order chi connectivity index (χ1) is 7.69. The lowest BCUT2D eigenvalue weighted by Gasteiger charge is -2.04. The van der Waals surface area contributed by atoms with Crippen molar-refractivity contribution >= 4 is 24.0 Å². The zero-order valence-corrected chi connectivity index (χ0v) is 10.5. The fourth-order valence-electron chi connectivity index (χ4n) is 1.42. The molecule has 0 saturated heterocycles. The predicted molar refractivity (Wildman–Crippen MR) is 67.9 cm³/mol. The number of nitrogens with zero attached hydrogens (tertiary/aromatic N) is 2. The molecule has 2 rings (SSSR count). The minimum absolute atomic E-state index is 0. The first-order valence-electron chi connectivity index (χ1n) is 4.84. The third kappa shape index (κ3) is 3.43. The minimum Gasteiger partial charge on any atom is -0.326 e. The molecule has 0 aliphatic rings. The van der Waals surface area contributed by atoms with Crippen LogP contribution < -0.4 is 5.73 Å². The zero-order valence-electron chi connectivity index (χ0n) is 8.94. The average Bonchev–Trinajstić information content (AvgIpc) is 2.70. The molecule has 1 aromatic carbocycles. The lowest BCUT2D eigenvalue weighted by molar-refractivity contribution is 0.624. The summed E-state index contributed by atoms with van der Waals surface area (Å²) < 4.78 is 14.5. The first kappa shape index (κ1) is 14.0. The van der Waals surface area contributed by atoms with Crippen LogP contribution >= 0.6 is 24.0 Å². The maximum absolute atomic E-state index is 12.8. The van der Waals surface area contributed by atoms with Gasteiger partial charge in [-0.1, -0.05) is 17.7 Å². The monoisotopic (exact) mass is 275 g/mol. The lowest BCUT2D eigenvalue weighted by atomic mass is 10.2. The maximum atomic E-state index is 12.8. The van der Waals surface area contributed by atoms with E-state index in [0.29, 0.717) is 18.1 Å². The number of aromatic nitrogens is 2. The molecule has 0 atom stereocenters. The third-order valence-electron chi connectivity index (χ3n) is 2.27. The van der Waals surface area contributed by atoms with Gasteiger partial charge in [-0.05, 0) is 17.7 Å². The molecular formula is C11H12Cl2FN3. The molecule has 0 unspecified atom stereocenters. The van der Waals surface area contributed by atoms with Gasteiger partial charge >= 0.3 is 0 Å². The Morgan fingerprint density at radius 2 is 2.18 bits per heavy atom. The number of rotatable bonds is 3. The highest BCUT2D eigenvalue weighted by Crippen LogP contribution is 2.18. The molecule has 6 heteroatoms. The second-order valence-corrected chi connectivity index (χ2v) is 3.89. The zero-order chi connectivity index (χ0) is 11.5. The van der Waals surface area contributed by atoms with E-state index < -0.39 is 0 Å². The van der Waals surface area contributed by atoms with Gasteiger partial charge in [0.15, 0.2) is 0 Å². The molecule has 0 spiro atoms. The van der Waals surface area contributed by atoms with Crippen molar-refractivity contribution in [3.05, 3.63) is 52.6 Å². The van der Waals surface area contributed by atoms with E-state index in [2.05, 4.69) is 5.10 Å². The van der Waals surface area contributed by atoms with Gasteiger partial charge in [0.05, 0.1) is 12.7 Å². The van der Waals surface area contributed by atoms with E-state index >= 15 is 0 Å². The normalized spacial score (nSPS) is 10.1. The molecule has 92 valence electrons. The Bertz CT molecular complexity index is 499. The van der Waals surface area contributed by atoms with Crippen molar-refractivity contribution in [1.29, 1.82) is 0 Å². The second-order valence-electron chi connectivity index (χ2n) is 3.49. The number of benzene rings is 1. The molecule has 2 N–H and O–H groups in total. The Balaban J connectivity index is 0.00000144. The van der Waals surface area contributed by atoms with Crippen LogP contribution in [0, 0.1) is 5.82 Å². The van der Waals surface area contributed by atoms with E-state index in [1.807, 2.05) is 6.20 Å². The summed E-state index contributed by atoms with van der Waals surface area (Å²) in [4.78, 5) is 0. The molecule has 0 bridgehead atoms. The van der Waals surface area contributed by atoms with Crippen molar-refractivity contribution in [3.63, 3.8) is 0 Å². The van der Waals surface area contributed by atoms with E-state index in [0.717, 1.165) is 11.1 Å². The van der Waals surface area contributed by atoms with Crippen LogP contribution in [0.3, 0.4) is 0 Å². The van der Waals surface area contributed by atoms with Crippen molar-refractivity contribution in [2.45, 2.75) is 13.1 Å². The van der Waals surface area contributed by atoms with Crippen LogP contribution in [0.2, 0.25) is 5.02 Å². The number of nitrogens with two attached hydrogens (primary N) is 1. The van der Waals surface area contributed by atoms with Crippen LogP contribution in [-0.2, 0) is 13.1 Å². The molecule has 0 aliphatic carbocycles. The summed E-state index contributed by atoms with van der Waals surface area (Å²) in [5.41, 5.74) is 7.26. The predicted octanol–water partition coefficient (Wildman–Crippen LogP) is 2.60. The van der Waals surface area contributed by atoms with Crippen molar-refractivity contribution in [3.8, 4) is 0 Å². The van der Waals surface area contributed by atoms with E-state index in [4.69, 9.17) is 17.3 Å². The van der Waals surface area contributed by atoms with Crippen molar-refractivity contribution in [2.75, 3.05) is 0 Å². The van der Waals surface area contributed by atoms with Crippen molar-refractivity contribution < 1.29 is 4.39 Å². The Morgan fingerprint density at radius 3 is 2.76 bits per heavy atom. The van der Waals surface area contributed by atoms with Gasteiger partial charge in [-0.3, -0.25) is 4.68 Å². The van der Waals surface area contributed by atoms with Gasteiger partial charge in [0.25, 0.3) is 0 Å². The summed E-state index contributed by atoms with van der Waals surface area (Å²) >= 11 is 5.91. The molecule has 0 amide bonds. The number of hydrogen-bond acceptors (Lipinski definition) is 2. The Kier molecular flexibility index (Phi) is 4.93. The molecule has 0 fully saturated rings. The maximum Gasteiger partial charge on any atom is 0.124 e. The first-order valence-corrected chi connectivity index (χ1v) is 5.22. The van der Waals surface area contributed by atoms with Gasteiger partial charge in [-0.15, -0.1) is 12.4 Å². The van der Waals surface area contributed by atoms with E-state index in [1.54, 1.807) is 16.9 Å². The van der Waals surface area contributed by atoms with Gasteiger partial charge in [0.2, 0.25) is 0 Å². The van der Waals surface area contributed by atoms with Gasteiger partial charge in [0, 0.05) is 23.3 Å². The minimum atomic E-state index is -0.336. The van der Waals surface area contributed by atoms with Gasteiger partial charge in [0.1, 0.15) is 5.82 Å². The molecule has 0 radical (unpaired) electrons. The topological polar surface area (TPSA) is 43.8 Å². The third-order valence-corrected chi connectivity index (χ3v) is 2.62. The second kappa shape index (κ2) is 6.00. The van der Waals surface area contributed by atoms with Gasteiger partial charge in [-0.25, -0.2) is 4.39 Å². The fraction of sp³-hybridized carbons (Fsp3) is 0.182. The quantitative estimate of drug-likeness (QED) is 0.936. The van der Waals surface area contributed by atoms with Crippen LogP contribution in [0.5, 0.6) is 0 Å². The number of hydrogen-bond donors (Lipinski definition) is 1. The van der Waals surface area contributed by atoms with E-state index in [9.17, 15) is 4.39 Å². The van der Waals surface area contributed by atoms with Gasteiger partial charge in [-0.2, -0.15) is 5.10 Å². The average molecular weight is 276 g/mol. The smallest absolute Gasteiger partial charge is 0.124 e. The lowest BCUT2D eigenvalue weighted by Crippen LogP contribution is -2.01. The molecule has 3 nitrogen and oxygen atoms in total. The molecular weight excluding hydrogens is 264 g/mol. The van der Waals surface area contributed by atoms with E-state index in [-0.39, 0.29) is 18.2 Å². The number of halogens is 3. The van der Waals surface area contributed by atoms with Crippen molar-refractivity contribution in [2.24, 2.45) is 5.73 Å². The van der Waals surface area contributed by atoms with Crippen LogP contribution in [0.1, 0.15) is 11.1 Å². The fourth-order valence-corrected chi connectivity index (χ4v) is 1.65. The molecule has 0 saturated carbocycles. The largest absolute Gasteiger partial charge is 0.326 e. The van der Waals surface area contributed by atoms with Crippen LogP contribution in [-0.4, -0.2) is 9.78 Å². The Labute approximate surface area is 110 Å². The SMILES string of the molecule is Cl.NCc1cnn(Cc2ccc(F)cc2Cl)c1. The highest BCUT2D eigenvalue weighted by atomic mass is 35.5. The standard InChI is InChI=1S/C11H11ClFN3.ClH/c12-11-3-10(13)2-1-9(11)7-16-6-8(4-14)5-15-16;/h1-3,5-6H,4,7,14H2;1H. The summed E-state index contributed by atoms with van der Waals surface area (Å²) in [5.74, 6) is -0.336. The summed E-state index contributed by atoms with van der Waals surface area (Å²) in [6.45, 7) is 0.969. The summed E-state index contributed by atoms with van der Waals surface area (Å²) in [5, 5.41) is 4.54. The van der Waals surface area contributed by atoms with Crippen molar-refractivity contribution in [1.82, 2.24) is 9.78 Å². The summed E-state index contributed by atoms with van der Waals surface area (Å²) in [6, 6.07) is 4.33. The molecule has 17 heavy (non-hydrogen) atoms. The van der Waals surface area contributed by atoms with Crippen LogP contribution in [0.15, 0.2) is 30.6 Å². The molecule has 1 heterocycles. The summed E-state index contributed by atoms with van der Waals surface area (Å²) in [6.07, 6.45) is 3.55. The van der Waals surface area contributed by atoms with E-state index in [1.165, 1.54) is 12.1 Å². The highest BCUT2D eigenvalue weighted by molar-refractivity contribution is 6.31. The molecule has 1 aromatic heterocycles.